The highest BCUT2D eigenvalue weighted by Gasteiger charge is 2.13. The summed E-state index contributed by atoms with van der Waals surface area (Å²) in [7, 11) is 0. The van der Waals surface area contributed by atoms with Gasteiger partial charge in [0.1, 0.15) is 0 Å². The number of carbonyl (C=O) groups is 1. The highest BCUT2D eigenvalue weighted by Crippen LogP contribution is 2.09. The molecular formula is C19H24N2O. The van der Waals surface area contributed by atoms with Crippen LogP contribution in [0.4, 0.5) is 0 Å². The van der Waals surface area contributed by atoms with Gasteiger partial charge in [-0.15, -0.1) is 0 Å². The Morgan fingerprint density at radius 3 is 2.55 bits per heavy atom. The molecule has 0 spiro atoms. The molecule has 22 heavy (non-hydrogen) atoms. The Bertz CT molecular complexity index is 554. The van der Waals surface area contributed by atoms with E-state index in [2.05, 4.69) is 24.0 Å². The lowest BCUT2D eigenvalue weighted by Gasteiger charge is -2.23. The van der Waals surface area contributed by atoms with Gasteiger partial charge in [-0.3, -0.25) is 9.78 Å². The number of amides is 1. The first-order valence-corrected chi connectivity index (χ1v) is 8.01. The van der Waals surface area contributed by atoms with Gasteiger partial charge in [0, 0.05) is 37.8 Å². The number of rotatable bonds is 8. The minimum atomic E-state index is 0.238. The summed E-state index contributed by atoms with van der Waals surface area (Å²) in [6, 6.07) is 16.1. The molecule has 0 bridgehead atoms. The fourth-order valence-corrected chi connectivity index (χ4v) is 2.38. The van der Waals surface area contributed by atoms with Gasteiger partial charge in [0.25, 0.3) is 0 Å². The van der Waals surface area contributed by atoms with Crippen molar-refractivity contribution in [1.29, 1.82) is 0 Å². The normalized spacial score (nSPS) is 10.4. The summed E-state index contributed by atoms with van der Waals surface area (Å²) >= 11 is 0. The summed E-state index contributed by atoms with van der Waals surface area (Å²) in [6.07, 6.45) is 5.23. The zero-order valence-electron chi connectivity index (χ0n) is 13.2. The van der Waals surface area contributed by atoms with Crippen LogP contribution < -0.4 is 0 Å². The molecule has 0 saturated heterocycles. The third-order valence-electron chi connectivity index (χ3n) is 3.68. The second-order valence-electron chi connectivity index (χ2n) is 5.48. The second-order valence-corrected chi connectivity index (χ2v) is 5.48. The Hall–Kier alpha value is -2.16. The molecule has 0 fully saturated rings. The Kier molecular flexibility index (Phi) is 6.62. The van der Waals surface area contributed by atoms with Crippen LogP contribution in [0, 0.1) is 0 Å². The Labute approximate surface area is 133 Å². The highest BCUT2D eigenvalue weighted by molar-refractivity contribution is 5.76. The van der Waals surface area contributed by atoms with Crippen molar-refractivity contribution >= 4 is 5.91 Å². The average Bonchev–Trinajstić information content (AvgIpc) is 2.58. The molecule has 0 atom stereocenters. The number of hydrogen-bond donors (Lipinski definition) is 0. The standard InChI is InChI=1S/C19H24N2O/c1-2-3-12-19(22)21(16-17-9-5-4-6-10-17)15-13-18-11-7-8-14-20-18/h4-11,14H,2-3,12-13,15-16H2,1H3. The van der Waals surface area contributed by atoms with Crippen LogP contribution in [0.2, 0.25) is 0 Å². The van der Waals surface area contributed by atoms with Gasteiger partial charge in [0.15, 0.2) is 0 Å². The molecule has 0 aliphatic heterocycles. The van der Waals surface area contributed by atoms with Gasteiger partial charge in [-0.1, -0.05) is 49.7 Å². The fourth-order valence-electron chi connectivity index (χ4n) is 2.38. The molecule has 1 heterocycles. The molecule has 1 aromatic carbocycles. The molecule has 1 amide bonds. The molecule has 0 N–H and O–H groups in total. The molecule has 0 saturated carbocycles. The molecule has 0 radical (unpaired) electrons. The van der Waals surface area contributed by atoms with Gasteiger partial charge in [0.05, 0.1) is 0 Å². The molecule has 0 aliphatic rings. The minimum absolute atomic E-state index is 0.238. The van der Waals surface area contributed by atoms with Gasteiger partial charge in [-0.25, -0.2) is 0 Å². The van der Waals surface area contributed by atoms with Gasteiger partial charge in [-0.05, 0) is 24.1 Å². The molecule has 116 valence electrons. The number of aromatic nitrogens is 1. The maximum absolute atomic E-state index is 12.4. The summed E-state index contributed by atoms with van der Waals surface area (Å²) < 4.78 is 0. The maximum atomic E-state index is 12.4. The first-order valence-electron chi connectivity index (χ1n) is 8.01. The first-order chi connectivity index (χ1) is 10.8. The molecular weight excluding hydrogens is 272 g/mol. The second kappa shape index (κ2) is 8.98. The third kappa shape index (κ3) is 5.32. The molecule has 0 unspecified atom stereocenters. The first kappa shape index (κ1) is 16.2. The van der Waals surface area contributed by atoms with Crippen LogP contribution >= 0.6 is 0 Å². The van der Waals surface area contributed by atoms with E-state index in [0.29, 0.717) is 19.5 Å². The van der Waals surface area contributed by atoms with E-state index in [4.69, 9.17) is 0 Å². The monoisotopic (exact) mass is 296 g/mol. The minimum Gasteiger partial charge on any atom is -0.338 e. The third-order valence-corrected chi connectivity index (χ3v) is 3.68. The van der Waals surface area contributed by atoms with Crippen LogP contribution in [0.25, 0.3) is 0 Å². The largest absolute Gasteiger partial charge is 0.338 e. The lowest BCUT2D eigenvalue weighted by Crippen LogP contribution is -2.32. The van der Waals surface area contributed by atoms with E-state index in [1.807, 2.05) is 41.3 Å². The SMILES string of the molecule is CCCCC(=O)N(CCc1ccccn1)Cc1ccccc1. The van der Waals surface area contributed by atoms with E-state index in [1.165, 1.54) is 5.56 Å². The van der Waals surface area contributed by atoms with Crippen LogP contribution in [-0.2, 0) is 17.8 Å². The quantitative estimate of drug-likeness (QED) is 0.741. The topological polar surface area (TPSA) is 33.2 Å². The number of carbonyl (C=O) groups excluding carboxylic acids is 1. The van der Waals surface area contributed by atoms with Gasteiger partial charge in [0.2, 0.25) is 5.91 Å². The lowest BCUT2D eigenvalue weighted by atomic mass is 10.1. The summed E-state index contributed by atoms with van der Waals surface area (Å²) in [5.41, 5.74) is 2.21. The van der Waals surface area contributed by atoms with E-state index in [1.54, 1.807) is 6.20 Å². The molecule has 3 nitrogen and oxygen atoms in total. The number of benzene rings is 1. The van der Waals surface area contributed by atoms with Crippen LogP contribution in [0.1, 0.15) is 37.4 Å². The van der Waals surface area contributed by atoms with Gasteiger partial charge in [-0.2, -0.15) is 0 Å². The van der Waals surface area contributed by atoms with Crippen molar-refractivity contribution in [3.63, 3.8) is 0 Å². The predicted molar refractivity (Wildman–Crippen MR) is 89.3 cm³/mol. The van der Waals surface area contributed by atoms with E-state index in [9.17, 15) is 4.79 Å². The summed E-state index contributed by atoms with van der Waals surface area (Å²) in [4.78, 5) is 18.7. The van der Waals surface area contributed by atoms with E-state index >= 15 is 0 Å². The number of nitrogens with zero attached hydrogens (tertiary/aromatic N) is 2. The molecule has 1 aromatic heterocycles. The van der Waals surface area contributed by atoms with Crippen molar-refractivity contribution in [2.24, 2.45) is 0 Å². The number of pyridine rings is 1. The van der Waals surface area contributed by atoms with Crippen LogP contribution in [0.3, 0.4) is 0 Å². The maximum Gasteiger partial charge on any atom is 0.222 e. The number of unbranched alkanes of at least 4 members (excludes halogenated alkanes) is 1. The zero-order chi connectivity index (χ0) is 15.6. The Balaban J connectivity index is 1.99. The van der Waals surface area contributed by atoms with Crippen molar-refractivity contribution in [3.05, 3.63) is 66.0 Å². The van der Waals surface area contributed by atoms with Crippen LogP contribution in [0.15, 0.2) is 54.7 Å². The molecule has 0 aliphatic carbocycles. The van der Waals surface area contributed by atoms with Crippen molar-refractivity contribution < 1.29 is 4.79 Å². The molecule has 2 aromatic rings. The predicted octanol–water partition coefficient (Wildman–Crippen LogP) is 3.84. The van der Waals surface area contributed by atoms with E-state index in [0.717, 1.165) is 25.0 Å². The van der Waals surface area contributed by atoms with Gasteiger partial charge >= 0.3 is 0 Å². The summed E-state index contributed by atoms with van der Waals surface area (Å²) in [6.45, 7) is 3.51. The van der Waals surface area contributed by atoms with Crippen molar-refractivity contribution in [3.8, 4) is 0 Å². The number of hydrogen-bond acceptors (Lipinski definition) is 2. The van der Waals surface area contributed by atoms with Crippen molar-refractivity contribution in [2.45, 2.75) is 39.2 Å². The highest BCUT2D eigenvalue weighted by atomic mass is 16.2. The van der Waals surface area contributed by atoms with Crippen molar-refractivity contribution in [1.82, 2.24) is 9.88 Å². The average molecular weight is 296 g/mol. The fraction of sp³-hybridized carbons (Fsp3) is 0.368. The molecule has 3 heteroatoms. The molecule has 2 rings (SSSR count). The van der Waals surface area contributed by atoms with Gasteiger partial charge < -0.3 is 4.90 Å². The van der Waals surface area contributed by atoms with Crippen molar-refractivity contribution in [2.75, 3.05) is 6.54 Å². The van der Waals surface area contributed by atoms with E-state index in [-0.39, 0.29) is 5.91 Å². The summed E-state index contributed by atoms with van der Waals surface area (Å²) in [5, 5.41) is 0. The Morgan fingerprint density at radius 2 is 1.86 bits per heavy atom. The Morgan fingerprint density at radius 1 is 1.09 bits per heavy atom. The zero-order valence-corrected chi connectivity index (χ0v) is 13.2. The smallest absolute Gasteiger partial charge is 0.222 e. The van der Waals surface area contributed by atoms with Crippen LogP contribution in [-0.4, -0.2) is 22.3 Å². The lowest BCUT2D eigenvalue weighted by molar-refractivity contribution is -0.131. The van der Waals surface area contributed by atoms with Crippen LogP contribution in [0.5, 0.6) is 0 Å². The summed E-state index contributed by atoms with van der Waals surface area (Å²) in [5.74, 6) is 0.238. The van der Waals surface area contributed by atoms with E-state index < -0.39 is 0 Å².